The van der Waals surface area contributed by atoms with Crippen molar-refractivity contribution in [3.8, 4) is 11.8 Å². The number of halogens is 1. The Morgan fingerprint density at radius 3 is 2.72 bits per heavy atom. The number of aromatic nitrogens is 3. The van der Waals surface area contributed by atoms with Gasteiger partial charge in [-0.05, 0) is 30.0 Å². The standard InChI is InChI=1S/C11H11ClN4OS/c1-13-10-14-9(12)15-11(16-10)17-7-5-3-4-6-8(7)18-2/h3-6H,1-2H3,(H,13,14,15,16). The molecule has 0 aliphatic rings. The van der Waals surface area contributed by atoms with Gasteiger partial charge in [0.1, 0.15) is 5.75 Å². The summed E-state index contributed by atoms with van der Waals surface area (Å²) in [6, 6.07) is 7.81. The van der Waals surface area contributed by atoms with Crippen LogP contribution in [0.3, 0.4) is 0 Å². The first-order valence-corrected chi connectivity index (χ1v) is 6.73. The zero-order valence-corrected chi connectivity index (χ0v) is 11.4. The van der Waals surface area contributed by atoms with Gasteiger partial charge in [0.15, 0.2) is 0 Å². The van der Waals surface area contributed by atoms with Gasteiger partial charge in [-0.25, -0.2) is 0 Å². The minimum atomic E-state index is 0.0889. The van der Waals surface area contributed by atoms with Crippen molar-refractivity contribution < 1.29 is 4.74 Å². The van der Waals surface area contributed by atoms with Crippen molar-refractivity contribution in [2.75, 3.05) is 18.6 Å². The van der Waals surface area contributed by atoms with Crippen LogP contribution in [0, 0.1) is 0 Å². The van der Waals surface area contributed by atoms with Crippen molar-refractivity contribution in [1.82, 2.24) is 15.0 Å². The van der Waals surface area contributed by atoms with Crippen molar-refractivity contribution in [1.29, 1.82) is 0 Å². The van der Waals surface area contributed by atoms with Gasteiger partial charge in [-0.1, -0.05) is 12.1 Å². The maximum absolute atomic E-state index is 5.78. The number of thioether (sulfide) groups is 1. The van der Waals surface area contributed by atoms with E-state index in [0.717, 1.165) is 4.90 Å². The number of anilines is 1. The normalized spacial score (nSPS) is 10.2. The van der Waals surface area contributed by atoms with Crippen LogP contribution < -0.4 is 10.1 Å². The minimum Gasteiger partial charge on any atom is -0.423 e. The molecule has 0 radical (unpaired) electrons. The molecule has 0 saturated carbocycles. The summed E-state index contributed by atoms with van der Waals surface area (Å²) in [7, 11) is 1.70. The van der Waals surface area contributed by atoms with E-state index >= 15 is 0 Å². The number of para-hydroxylation sites is 1. The molecule has 0 spiro atoms. The van der Waals surface area contributed by atoms with Crippen LogP contribution in [-0.4, -0.2) is 28.3 Å². The number of hydrogen-bond acceptors (Lipinski definition) is 6. The molecule has 0 saturated heterocycles. The highest BCUT2D eigenvalue weighted by atomic mass is 35.5. The number of benzene rings is 1. The summed E-state index contributed by atoms with van der Waals surface area (Å²) < 4.78 is 5.62. The molecule has 1 aromatic heterocycles. The lowest BCUT2D eigenvalue weighted by Crippen LogP contribution is -2.01. The summed E-state index contributed by atoms with van der Waals surface area (Å²) in [6.07, 6.45) is 1.97. The summed E-state index contributed by atoms with van der Waals surface area (Å²) in [5.74, 6) is 1.06. The van der Waals surface area contributed by atoms with E-state index in [0.29, 0.717) is 11.7 Å². The fourth-order valence-electron chi connectivity index (χ4n) is 1.29. The van der Waals surface area contributed by atoms with Gasteiger partial charge in [0, 0.05) is 11.9 Å². The zero-order valence-electron chi connectivity index (χ0n) is 9.85. The Hall–Kier alpha value is -1.53. The van der Waals surface area contributed by atoms with Crippen LogP contribution in [-0.2, 0) is 0 Å². The van der Waals surface area contributed by atoms with Crippen molar-refractivity contribution >= 4 is 29.3 Å². The fourth-order valence-corrected chi connectivity index (χ4v) is 1.97. The fraction of sp³-hybridized carbons (Fsp3) is 0.182. The van der Waals surface area contributed by atoms with E-state index < -0.39 is 0 Å². The van der Waals surface area contributed by atoms with E-state index in [1.807, 2.05) is 30.5 Å². The third-order valence-corrected chi connectivity index (χ3v) is 3.03. The smallest absolute Gasteiger partial charge is 0.328 e. The Bertz CT molecular complexity index is 552. The Balaban J connectivity index is 2.30. The first kappa shape index (κ1) is 12.9. The molecule has 0 amide bonds. The van der Waals surface area contributed by atoms with E-state index in [1.165, 1.54) is 0 Å². The molecule has 0 aliphatic carbocycles. The zero-order chi connectivity index (χ0) is 13.0. The number of rotatable bonds is 4. The number of ether oxygens (including phenoxy) is 1. The molecule has 0 aliphatic heterocycles. The predicted octanol–water partition coefficient (Wildman–Crippen LogP) is 3.08. The second-order valence-corrected chi connectivity index (χ2v) is 4.40. The van der Waals surface area contributed by atoms with Gasteiger partial charge in [0.25, 0.3) is 0 Å². The molecule has 1 heterocycles. The van der Waals surface area contributed by atoms with Gasteiger partial charge in [-0.2, -0.15) is 15.0 Å². The molecule has 0 bridgehead atoms. The summed E-state index contributed by atoms with van der Waals surface area (Å²) in [5.41, 5.74) is 0. The largest absolute Gasteiger partial charge is 0.423 e. The van der Waals surface area contributed by atoms with Crippen molar-refractivity contribution in [3.05, 3.63) is 29.5 Å². The molecule has 1 N–H and O–H groups in total. The maximum atomic E-state index is 5.78. The third kappa shape index (κ3) is 3.02. The Morgan fingerprint density at radius 2 is 2.00 bits per heavy atom. The predicted molar refractivity (Wildman–Crippen MR) is 72.7 cm³/mol. The lowest BCUT2D eigenvalue weighted by atomic mass is 10.3. The van der Waals surface area contributed by atoms with E-state index in [1.54, 1.807) is 18.8 Å². The molecule has 18 heavy (non-hydrogen) atoms. The van der Waals surface area contributed by atoms with Gasteiger partial charge in [0.2, 0.25) is 11.2 Å². The van der Waals surface area contributed by atoms with Gasteiger partial charge < -0.3 is 10.1 Å². The molecule has 5 nitrogen and oxygen atoms in total. The highest BCUT2D eigenvalue weighted by molar-refractivity contribution is 7.98. The molecule has 2 aromatic rings. The monoisotopic (exact) mass is 282 g/mol. The van der Waals surface area contributed by atoms with Crippen LogP contribution in [0.25, 0.3) is 0 Å². The number of hydrogen-bond donors (Lipinski definition) is 1. The van der Waals surface area contributed by atoms with Gasteiger partial charge in [-0.3, -0.25) is 0 Å². The highest BCUT2D eigenvalue weighted by Crippen LogP contribution is 2.30. The van der Waals surface area contributed by atoms with Crippen LogP contribution >= 0.6 is 23.4 Å². The van der Waals surface area contributed by atoms with E-state index in [4.69, 9.17) is 16.3 Å². The Labute approximate surface area is 114 Å². The summed E-state index contributed by atoms with van der Waals surface area (Å²) in [6.45, 7) is 0. The molecule has 2 rings (SSSR count). The van der Waals surface area contributed by atoms with Gasteiger partial charge in [-0.15, -0.1) is 11.8 Å². The molecule has 7 heteroatoms. The van der Waals surface area contributed by atoms with Crippen molar-refractivity contribution in [3.63, 3.8) is 0 Å². The summed E-state index contributed by atoms with van der Waals surface area (Å²) >= 11 is 7.37. The molecule has 0 atom stereocenters. The SMILES string of the molecule is CNc1nc(Cl)nc(Oc2ccccc2SC)n1. The second kappa shape index (κ2) is 5.88. The second-order valence-electron chi connectivity index (χ2n) is 3.21. The quantitative estimate of drug-likeness (QED) is 0.870. The maximum Gasteiger partial charge on any atom is 0.328 e. The lowest BCUT2D eigenvalue weighted by molar-refractivity contribution is 0.431. The molecule has 0 fully saturated rings. The lowest BCUT2D eigenvalue weighted by Gasteiger charge is -2.08. The minimum absolute atomic E-state index is 0.0889. The topological polar surface area (TPSA) is 59.9 Å². The Morgan fingerprint density at radius 1 is 1.22 bits per heavy atom. The first-order valence-electron chi connectivity index (χ1n) is 5.13. The number of nitrogens with zero attached hydrogens (tertiary/aromatic N) is 3. The van der Waals surface area contributed by atoms with E-state index in [9.17, 15) is 0 Å². The number of nitrogens with one attached hydrogen (secondary N) is 1. The van der Waals surface area contributed by atoms with Crippen molar-refractivity contribution in [2.45, 2.75) is 4.90 Å². The molecular formula is C11H11ClN4OS. The average Bonchev–Trinajstić information content (AvgIpc) is 2.38. The van der Waals surface area contributed by atoms with Crippen LogP contribution in [0.5, 0.6) is 11.8 Å². The summed E-state index contributed by atoms with van der Waals surface area (Å²) in [5, 5.41) is 2.88. The summed E-state index contributed by atoms with van der Waals surface area (Å²) in [4.78, 5) is 12.9. The van der Waals surface area contributed by atoms with Crippen LogP contribution in [0.1, 0.15) is 0 Å². The Kier molecular flexibility index (Phi) is 4.22. The van der Waals surface area contributed by atoms with E-state index in [2.05, 4.69) is 20.3 Å². The molecule has 94 valence electrons. The molecule has 0 unspecified atom stereocenters. The first-order chi connectivity index (χ1) is 8.72. The highest BCUT2D eigenvalue weighted by Gasteiger charge is 2.08. The molecule has 1 aromatic carbocycles. The van der Waals surface area contributed by atoms with Crippen LogP contribution in [0.15, 0.2) is 29.2 Å². The average molecular weight is 283 g/mol. The van der Waals surface area contributed by atoms with E-state index in [-0.39, 0.29) is 11.3 Å². The van der Waals surface area contributed by atoms with Gasteiger partial charge in [0.05, 0.1) is 0 Å². The van der Waals surface area contributed by atoms with Crippen LogP contribution in [0.2, 0.25) is 5.28 Å². The van der Waals surface area contributed by atoms with Gasteiger partial charge >= 0.3 is 6.01 Å². The van der Waals surface area contributed by atoms with Crippen molar-refractivity contribution in [2.24, 2.45) is 0 Å². The molecular weight excluding hydrogens is 272 g/mol. The van der Waals surface area contributed by atoms with Crippen LogP contribution in [0.4, 0.5) is 5.95 Å². The third-order valence-electron chi connectivity index (χ3n) is 2.08.